The molecule has 1 aromatic rings. The summed E-state index contributed by atoms with van der Waals surface area (Å²) < 4.78 is 28.0. The van der Waals surface area contributed by atoms with Crippen LogP contribution in [0, 0.1) is 11.6 Å². The first-order chi connectivity index (χ1) is 8.49. The van der Waals surface area contributed by atoms with E-state index < -0.39 is 11.6 Å². The second-order valence-corrected chi connectivity index (χ2v) is 5.29. The highest BCUT2D eigenvalue weighted by atomic mass is 19.1. The predicted molar refractivity (Wildman–Crippen MR) is 69.8 cm³/mol. The number of nitrogens with two attached hydrogens (primary N) is 1. The van der Waals surface area contributed by atoms with Crippen molar-refractivity contribution in [3.8, 4) is 0 Å². The van der Waals surface area contributed by atoms with Gasteiger partial charge in [0, 0.05) is 19.1 Å². The zero-order valence-electron chi connectivity index (χ0n) is 10.9. The van der Waals surface area contributed by atoms with Gasteiger partial charge < -0.3 is 10.6 Å². The Labute approximate surface area is 107 Å². The molecule has 0 aliphatic heterocycles. The highest BCUT2D eigenvalue weighted by Gasteiger charge is 2.26. The summed E-state index contributed by atoms with van der Waals surface area (Å²) >= 11 is 0. The first-order valence-electron chi connectivity index (χ1n) is 6.45. The molecule has 1 fully saturated rings. The van der Waals surface area contributed by atoms with Gasteiger partial charge in [0.1, 0.15) is 17.3 Å². The molecule has 1 atom stereocenters. The van der Waals surface area contributed by atoms with Gasteiger partial charge in [0.15, 0.2) is 0 Å². The molecular formula is C14H20F2N2. The number of benzene rings is 1. The molecule has 0 bridgehead atoms. The van der Waals surface area contributed by atoms with Crippen LogP contribution in [0.15, 0.2) is 12.1 Å². The molecule has 0 saturated heterocycles. The van der Waals surface area contributed by atoms with E-state index in [4.69, 9.17) is 5.73 Å². The lowest BCUT2D eigenvalue weighted by atomic mass is 9.91. The zero-order chi connectivity index (χ0) is 13.3. The van der Waals surface area contributed by atoms with Crippen molar-refractivity contribution in [3.63, 3.8) is 0 Å². The highest BCUT2D eigenvalue weighted by Crippen LogP contribution is 2.32. The van der Waals surface area contributed by atoms with Crippen LogP contribution in [0.5, 0.6) is 0 Å². The first-order valence-corrected chi connectivity index (χ1v) is 6.45. The van der Waals surface area contributed by atoms with Gasteiger partial charge in [-0.2, -0.15) is 0 Å². The molecule has 0 amide bonds. The quantitative estimate of drug-likeness (QED) is 0.895. The average Bonchev–Trinajstić information content (AvgIpc) is 2.11. The minimum absolute atomic E-state index is 0.0909. The maximum Gasteiger partial charge on any atom is 0.149 e. The first kappa shape index (κ1) is 13.3. The van der Waals surface area contributed by atoms with E-state index in [0.29, 0.717) is 12.0 Å². The Bertz CT molecular complexity index is 405. The summed E-state index contributed by atoms with van der Waals surface area (Å²) in [5, 5.41) is 0. The Hall–Kier alpha value is -1.16. The number of rotatable bonds is 4. The summed E-state index contributed by atoms with van der Waals surface area (Å²) in [5.74, 6) is -0.972. The van der Waals surface area contributed by atoms with E-state index >= 15 is 0 Å². The lowest BCUT2D eigenvalue weighted by Crippen LogP contribution is -2.38. The van der Waals surface area contributed by atoms with E-state index in [2.05, 4.69) is 0 Å². The van der Waals surface area contributed by atoms with E-state index in [9.17, 15) is 8.78 Å². The van der Waals surface area contributed by atoms with Crippen LogP contribution >= 0.6 is 0 Å². The Balaban J connectivity index is 2.25. The van der Waals surface area contributed by atoms with Crippen molar-refractivity contribution in [2.45, 2.75) is 44.7 Å². The van der Waals surface area contributed by atoms with Gasteiger partial charge in [-0.05, 0) is 50.3 Å². The summed E-state index contributed by atoms with van der Waals surface area (Å²) in [5.41, 5.74) is 6.35. The van der Waals surface area contributed by atoms with Crippen LogP contribution in [-0.2, 0) is 6.42 Å². The van der Waals surface area contributed by atoms with E-state index in [0.717, 1.165) is 19.3 Å². The minimum Gasteiger partial charge on any atom is -0.367 e. The van der Waals surface area contributed by atoms with Crippen LogP contribution in [0.3, 0.4) is 0 Å². The van der Waals surface area contributed by atoms with Crippen molar-refractivity contribution in [3.05, 3.63) is 29.3 Å². The summed E-state index contributed by atoms with van der Waals surface area (Å²) in [6, 6.07) is 2.97. The number of anilines is 1. The van der Waals surface area contributed by atoms with Gasteiger partial charge in [-0.3, -0.25) is 0 Å². The van der Waals surface area contributed by atoms with Crippen LogP contribution in [0.1, 0.15) is 31.7 Å². The molecule has 1 saturated carbocycles. The zero-order valence-corrected chi connectivity index (χ0v) is 10.9. The summed E-state index contributed by atoms with van der Waals surface area (Å²) in [7, 11) is 1.76. The third-order valence-electron chi connectivity index (χ3n) is 3.61. The smallest absolute Gasteiger partial charge is 0.149 e. The highest BCUT2D eigenvalue weighted by molar-refractivity contribution is 5.51. The molecule has 0 heterocycles. The normalized spacial score (nSPS) is 17.4. The molecule has 2 nitrogen and oxygen atoms in total. The standard InChI is InChI=1S/C14H20F2N2/c1-9(17)6-10-7-12(15)14(13(16)8-10)18(2)11-4-3-5-11/h7-9,11H,3-6,17H2,1-2H3. The van der Waals surface area contributed by atoms with Crippen molar-refractivity contribution in [1.29, 1.82) is 0 Å². The molecule has 0 spiro atoms. The summed E-state index contributed by atoms with van der Waals surface area (Å²) in [6.07, 6.45) is 3.65. The van der Waals surface area contributed by atoms with Gasteiger partial charge >= 0.3 is 0 Å². The molecule has 1 unspecified atom stereocenters. The molecule has 1 aromatic carbocycles. The van der Waals surface area contributed by atoms with Gasteiger partial charge in [-0.1, -0.05) is 0 Å². The van der Waals surface area contributed by atoms with Crippen LogP contribution in [0.4, 0.5) is 14.5 Å². The van der Waals surface area contributed by atoms with Crippen molar-refractivity contribution in [1.82, 2.24) is 0 Å². The van der Waals surface area contributed by atoms with Crippen LogP contribution < -0.4 is 10.6 Å². The molecule has 1 aliphatic carbocycles. The molecule has 0 radical (unpaired) electrons. The van der Waals surface area contributed by atoms with Gasteiger partial charge in [0.2, 0.25) is 0 Å². The summed E-state index contributed by atoms with van der Waals surface area (Å²) in [6.45, 7) is 1.82. The molecular weight excluding hydrogens is 234 g/mol. The second kappa shape index (κ2) is 5.22. The van der Waals surface area contributed by atoms with Gasteiger partial charge in [0.25, 0.3) is 0 Å². The minimum atomic E-state index is -0.486. The van der Waals surface area contributed by atoms with E-state index in [1.807, 2.05) is 6.92 Å². The van der Waals surface area contributed by atoms with Crippen LogP contribution in [-0.4, -0.2) is 19.1 Å². The average molecular weight is 254 g/mol. The fraction of sp³-hybridized carbons (Fsp3) is 0.571. The monoisotopic (exact) mass is 254 g/mol. The third kappa shape index (κ3) is 2.64. The van der Waals surface area contributed by atoms with E-state index in [1.54, 1.807) is 11.9 Å². The molecule has 1 aliphatic rings. The predicted octanol–water partition coefficient (Wildman–Crippen LogP) is 2.84. The molecule has 2 N–H and O–H groups in total. The fourth-order valence-corrected chi connectivity index (χ4v) is 2.40. The lowest BCUT2D eigenvalue weighted by molar-refractivity contribution is 0.393. The van der Waals surface area contributed by atoms with Crippen molar-refractivity contribution >= 4 is 5.69 Å². The Morgan fingerprint density at radius 2 is 1.89 bits per heavy atom. The number of halogens is 2. The van der Waals surface area contributed by atoms with E-state index in [1.165, 1.54) is 12.1 Å². The molecule has 100 valence electrons. The van der Waals surface area contributed by atoms with Crippen LogP contribution in [0.2, 0.25) is 0 Å². The molecule has 4 heteroatoms. The van der Waals surface area contributed by atoms with Crippen molar-refractivity contribution in [2.24, 2.45) is 5.73 Å². The number of hydrogen-bond donors (Lipinski definition) is 1. The molecule has 18 heavy (non-hydrogen) atoms. The van der Waals surface area contributed by atoms with Crippen molar-refractivity contribution in [2.75, 3.05) is 11.9 Å². The van der Waals surface area contributed by atoms with Gasteiger partial charge in [0.05, 0.1) is 0 Å². The maximum atomic E-state index is 14.0. The van der Waals surface area contributed by atoms with Crippen molar-refractivity contribution < 1.29 is 8.78 Å². The number of hydrogen-bond acceptors (Lipinski definition) is 2. The van der Waals surface area contributed by atoms with Crippen LogP contribution in [0.25, 0.3) is 0 Å². The topological polar surface area (TPSA) is 29.3 Å². The third-order valence-corrected chi connectivity index (χ3v) is 3.61. The molecule has 2 rings (SSSR count). The van der Waals surface area contributed by atoms with Gasteiger partial charge in [-0.25, -0.2) is 8.78 Å². The Kier molecular flexibility index (Phi) is 3.85. The van der Waals surface area contributed by atoms with Gasteiger partial charge in [-0.15, -0.1) is 0 Å². The largest absolute Gasteiger partial charge is 0.367 e. The van der Waals surface area contributed by atoms with E-state index in [-0.39, 0.29) is 17.8 Å². The maximum absolute atomic E-state index is 14.0. The Morgan fingerprint density at radius 1 is 1.33 bits per heavy atom. The summed E-state index contributed by atoms with van der Waals surface area (Å²) in [4.78, 5) is 1.73. The number of nitrogens with zero attached hydrogens (tertiary/aromatic N) is 1. The SMILES string of the molecule is CC(N)Cc1cc(F)c(N(C)C2CCC2)c(F)c1. The second-order valence-electron chi connectivity index (χ2n) is 5.29. The molecule has 0 aromatic heterocycles. The lowest BCUT2D eigenvalue weighted by Gasteiger charge is -2.36. The Morgan fingerprint density at radius 3 is 2.28 bits per heavy atom. The fourth-order valence-electron chi connectivity index (χ4n) is 2.40.